The zero-order chi connectivity index (χ0) is 17.0. The molecule has 0 spiro atoms. The number of sulfonamides is 1. The second-order valence-corrected chi connectivity index (χ2v) is 7.20. The van der Waals surface area contributed by atoms with Gasteiger partial charge in [0.2, 0.25) is 21.8 Å². The van der Waals surface area contributed by atoms with Crippen LogP contribution < -0.4 is 9.62 Å². The summed E-state index contributed by atoms with van der Waals surface area (Å²) in [5.41, 5.74) is 0.389. The van der Waals surface area contributed by atoms with E-state index in [0.717, 1.165) is 4.90 Å². The lowest BCUT2D eigenvalue weighted by atomic mass is 10.3. The Morgan fingerprint density at radius 2 is 1.70 bits per heavy atom. The number of nitrogens with one attached hydrogen (secondary N) is 1. The van der Waals surface area contributed by atoms with Crippen molar-refractivity contribution in [3.8, 4) is 0 Å². The van der Waals surface area contributed by atoms with E-state index in [1.807, 2.05) is 13.8 Å². The maximum absolute atomic E-state index is 12.1. The third-order valence-corrected chi connectivity index (χ3v) is 4.78. The number of nitrogens with zero attached hydrogens (tertiary/aromatic N) is 1. The Bertz CT molecular complexity index is 666. The van der Waals surface area contributed by atoms with Gasteiger partial charge in [0.05, 0.1) is 23.3 Å². The smallest absolute Gasteiger partial charge is 0.240 e. The van der Waals surface area contributed by atoms with Crippen LogP contribution in [0.5, 0.6) is 0 Å². The molecule has 1 aliphatic rings. The van der Waals surface area contributed by atoms with Gasteiger partial charge in [0.1, 0.15) is 0 Å². The molecule has 2 amide bonds. The highest BCUT2D eigenvalue weighted by Gasteiger charge is 2.30. The number of hydrogen-bond donors (Lipinski definition) is 1. The van der Waals surface area contributed by atoms with Crippen molar-refractivity contribution >= 4 is 27.5 Å². The summed E-state index contributed by atoms with van der Waals surface area (Å²) >= 11 is 0. The minimum atomic E-state index is -3.64. The molecule has 1 N–H and O–H groups in total. The molecule has 2 rings (SSSR count). The van der Waals surface area contributed by atoms with Gasteiger partial charge in [0, 0.05) is 19.4 Å². The number of rotatable bonds is 7. The molecule has 0 saturated carbocycles. The fraction of sp³-hybridized carbons (Fsp3) is 0.467. The molecule has 1 aromatic rings. The van der Waals surface area contributed by atoms with Crippen molar-refractivity contribution < 1.29 is 22.7 Å². The van der Waals surface area contributed by atoms with Gasteiger partial charge in [-0.3, -0.25) is 14.5 Å². The number of imide groups is 1. The number of carbonyl (C=O) groups is 2. The van der Waals surface area contributed by atoms with Crippen LogP contribution in [0, 0.1) is 0 Å². The van der Waals surface area contributed by atoms with Crippen molar-refractivity contribution in [2.24, 2.45) is 0 Å². The average Bonchev–Trinajstić information content (AvgIpc) is 2.83. The summed E-state index contributed by atoms with van der Waals surface area (Å²) < 4.78 is 32.0. The summed E-state index contributed by atoms with van der Waals surface area (Å²) in [6, 6.07) is 5.67. The topological polar surface area (TPSA) is 92.8 Å². The highest BCUT2D eigenvalue weighted by molar-refractivity contribution is 7.89. The molecule has 0 aliphatic carbocycles. The van der Waals surface area contributed by atoms with Crippen LogP contribution in [0.2, 0.25) is 0 Å². The third kappa shape index (κ3) is 4.37. The normalized spacial score (nSPS) is 15.7. The number of ether oxygens (including phenoxy) is 1. The third-order valence-electron chi connectivity index (χ3n) is 3.30. The van der Waals surface area contributed by atoms with E-state index in [0.29, 0.717) is 5.69 Å². The predicted molar refractivity (Wildman–Crippen MR) is 84.4 cm³/mol. The van der Waals surface area contributed by atoms with Crippen LogP contribution in [0.25, 0.3) is 0 Å². The van der Waals surface area contributed by atoms with Crippen LogP contribution in [0.1, 0.15) is 26.7 Å². The first-order valence-corrected chi connectivity index (χ1v) is 8.86. The molecular formula is C15H20N2O5S. The minimum Gasteiger partial charge on any atom is -0.377 e. The lowest BCUT2D eigenvalue weighted by Crippen LogP contribution is -2.29. The molecule has 1 saturated heterocycles. The fourth-order valence-corrected chi connectivity index (χ4v) is 3.21. The zero-order valence-corrected chi connectivity index (χ0v) is 13.9. The molecule has 1 fully saturated rings. The number of anilines is 1. The molecule has 1 aromatic carbocycles. The highest BCUT2D eigenvalue weighted by atomic mass is 32.2. The van der Waals surface area contributed by atoms with Crippen molar-refractivity contribution in [1.29, 1.82) is 0 Å². The van der Waals surface area contributed by atoms with E-state index in [4.69, 9.17) is 4.74 Å². The van der Waals surface area contributed by atoms with Crippen molar-refractivity contribution in [3.63, 3.8) is 0 Å². The van der Waals surface area contributed by atoms with E-state index in [1.54, 1.807) is 0 Å². The second kappa shape index (κ2) is 7.20. The second-order valence-electron chi connectivity index (χ2n) is 5.43. The fourth-order valence-electron chi connectivity index (χ4n) is 2.19. The number of amides is 2. The maximum atomic E-state index is 12.1. The summed E-state index contributed by atoms with van der Waals surface area (Å²) in [7, 11) is -3.64. The van der Waals surface area contributed by atoms with E-state index in [1.165, 1.54) is 24.3 Å². The van der Waals surface area contributed by atoms with Crippen LogP contribution in [0.15, 0.2) is 29.2 Å². The zero-order valence-electron chi connectivity index (χ0n) is 13.1. The van der Waals surface area contributed by atoms with Gasteiger partial charge in [0.15, 0.2) is 0 Å². The molecule has 7 nitrogen and oxygen atoms in total. The Morgan fingerprint density at radius 1 is 1.13 bits per heavy atom. The minimum absolute atomic E-state index is 0.0364. The number of benzene rings is 1. The Balaban J connectivity index is 2.03. The first-order valence-electron chi connectivity index (χ1n) is 7.38. The maximum Gasteiger partial charge on any atom is 0.240 e. The Hall–Kier alpha value is -1.77. The first kappa shape index (κ1) is 17.6. The van der Waals surface area contributed by atoms with Crippen molar-refractivity contribution in [2.75, 3.05) is 18.1 Å². The average molecular weight is 340 g/mol. The Morgan fingerprint density at radius 3 is 2.22 bits per heavy atom. The van der Waals surface area contributed by atoms with Crippen LogP contribution in [-0.4, -0.2) is 39.5 Å². The van der Waals surface area contributed by atoms with Gasteiger partial charge in [0.25, 0.3) is 0 Å². The van der Waals surface area contributed by atoms with E-state index < -0.39 is 10.0 Å². The van der Waals surface area contributed by atoms with Crippen LogP contribution in [-0.2, 0) is 24.3 Å². The summed E-state index contributed by atoms with van der Waals surface area (Å²) in [5.74, 6) is -0.538. The van der Waals surface area contributed by atoms with Gasteiger partial charge < -0.3 is 4.74 Å². The Labute approximate surface area is 135 Å². The first-order chi connectivity index (χ1) is 10.8. The molecule has 126 valence electrons. The van der Waals surface area contributed by atoms with Gasteiger partial charge in [-0.1, -0.05) is 0 Å². The summed E-state index contributed by atoms with van der Waals surface area (Å²) in [6.45, 7) is 4.19. The molecule has 0 unspecified atom stereocenters. The largest absolute Gasteiger partial charge is 0.377 e. The van der Waals surface area contributed by atoms with E-state index in [2.05, 4.69) is 4.72 Å². The number of hydrogen-bond acceptors (Lipinski definition) is 5. The van der Waals surface area contributed by atoms with Crippen LogP contribution in [0.3, 0.4) is 0 Å². The molecule has 23 heavy (non-hydrogen) atoms. The Kier molecular flexibility index (Phi) is 5.51. The van der Waals surface area contributed by atoms with Crippen LogP contribution in [0.4, 0.5) is 5.69 Å². The summed E-state index contributed by atoms with van der Waals surface area (Å²) in [5, 5.41) is 0. The SMILES string of the molecule is CC(C)OCCNS(=O)(=O)c1ccc(N2C(=O)CCC2=O)cc1. The van der Waals surface area contributed by atoms with Crippen LogP contribution >= 0.6 is 0 Å². The predicted octanol–water partition coefficient (Wildman–Crippen LogP) is 1.04. The van der Waals surface area contributed by atoms with E-state index >= 15 is 0 Å². The molecule has 0 aromatic heterocycles. The molecule has 0 radical (unpaired) electrons. The lowest BCUT2D eigenvalue weighted by molar-refractivity contribution is -0.121. The van der Waals surface area contributed by atoms with Gasteiger partial charge in [-0.15, -0.1) is 0 Å². The van der Waals surface area contributed by atoms with Gasteiger partial charge in [-0.2, -0.15) is 0 Å². The van der Waals surface area contributed by atoms with E-state index in [-0.39, 0.29) is 48.8 Å². The van der Waals surface area contributed by atoms with Gasteiger partial charge in [-0.05, 0) is 38.1 Å². The standard InChI is InChI=1S/C15H20N2O5S/c1-11(2)22-10-9-16-23(20,21)13-5-3-12(4-6-13)17-14(18)7-8-15(17)19/h3-6,11,16H,7-10H2,1-2H3. The van der Waals surface area contributed by atoms with E-state index in [9.17, 15) is 18.0 Å². The quantitative estimate of drug-likeness (QED) is 0.591. The molecule has 8 heteroatoms. The molecular weight excluding hydrogens is 320 g/mol. The summed E-state index contributed by atoms with van der Waals surface area (Å²) in [6.07, 6.45) is 0.418. The van der Waals surface area contributed by atoms with Crippen molar-refractivity contribution in [3.05, 3.63) is 24.3 Å². The molecule has 0 bridgehead atoms. The van der Waals surface area contributed by atoms with Crippen molar-refractivity contribution in [2.45, 2.75) is 37.7 Å². The lowest BCUT2D eigenvalue weighted by Gasteiger charge is -2.14. The van der Waals surface area contributed by atoms with Crippen molar-refractivity contribution in [1.82, 2.24) is 4.72 Å². The number of carbonyl (C=O) groups excluding carboxylic acids is 2. The van der Waals surface area contributed by atoms with Gasteiger partial charge in [-0.25, -0.2) is 13.1 Å². The molecule has 0 atom stereocenters. The highest BCUT2D eigenvalue weighted by Crippen LogP contribution is 2.23. The van der Waals surface area contributed by atoms with Gasteiger partial charge >= 0.3 is 0 Å². The monoisotopic (exact) mass is 340 g/mol. The molecule has 1 aliphatic heterocycles. The molecule has 1 heterocycles. The summed E-state index contributed by atoms with van der Waals surface area (Å²) in [4.78, 5) is 24.5.